The van der Waals surface area contributed by atoms with Crippen molar-refractivity contribution in [2.45, 2.75) is 31.7 Å². The van der Waals surface area contributed by atoms with Gasteiger partial charge in [-0.15, -0.1) is 0 Å². The Hall–Kier alpha value is -1.88. The Morgan fingerprint density at radius 3 is 2.62 bits per heavy atom. The average molecular weight is 289 g/mol. The highest BCUT2D eigenvalue weighted by Crippen LogP contribution is 2.17. The third-order valence-electron chi connectivity index (χ3n) is 3.71. The van der Waals surface area contributed by atoms with Crippen molar-refractivity contribution in [2.75, 3.05) is 26.0 Å². The maximum atomic E-state index is 11.9. The minimum atomic E-state index is -0.0739. The third kappa shape index (κ3) is 4.56. The third-order valence-corrected chi connectivity index (χ3v) is 3.71. The van der Waals surface area contributed by atoms with E-state index in [9.17, 15) is 9.59 Å². The summed E-state index contributed by atoms with van der Waals surface area (Å²) in [6.07, 6.45) is 4.79. The van der Waals surface area contributed by atoms with Crippen LogP contribution in [-0.4, -0.2) is 43.4 Å². The first-order valence-corrected chi connectivity index (χ1v) is 7.41. The predicted molar refractivity (Wildman–Crippen MR) is 83.3 cm³/mol. The number of carbonyl (C=O) groups is 2. The van der Waals surface area contributed by atoms with E-state index in [2.05, 4.69) is 10.6 Å². The molecule has 2 rings (SSSR count). The highest BCUT2D eigenvalue weighted by molar-refractivity contribution is 5.97. The van der Waals surface area contributed by atoms with Crippen LogP contribution in [0.1, 0.15) is 36.0 Å². The molecule has 114 valence electrons. The zero-order chi connectivity index (χ0) is 15.2. The van der Waals surface area contributed by atoms with Crippen molar-refractivity contribution in [3.8, 4) is 0 Å². The molecule has 0 saturated heterocycles. The summed E-state index contributed by atoms with van der Waals surface area (Å²) < 4.78 is 0. The van der Waals surface area contributed by atoms with E-state index in [1.54, 1.807) is 38.4 Å². The van der Waals surface area contributed by atoms with Gasteiger partial charge in [0.2, 0.25) is 5.91 Å². The van der Waals surface area contributed by atoms with E-state index in [0.29, 0.717) is 23.8 Å². The van der Waals surface area contributed by atoms with Gasteiger partial charge in [-0.2, -0.15) is 0 Å². The zero-order valence-electron chi connectivity index (χ0n) is 12.7. The molecule has 1 fully saturated rings. The number of amides is 2. The molecule has 0 aromatic heterocycles. The van der Waals surface area contributed by atoms with Crippen LogP contribution in [0.25, 0.3) is 0 Å². The molecule has 0 spiro atoms. The molecular formula is C16H23N3O2. The molecule has 2 amide bonds. The minimum Gasteiger partial charge on any atom is -0.345 e. The molecule has 5 heteroatoms. The van der Waals surface area contributed by atoms with Crippen LogP contribution in [0.2, 0.25) is 0 Å². The second kappa shape index (κ2) is 7.22. The Morgan fingerprint density at radius 1 is 1.24 bits per heavy atom. The molecule has 1 aromatic carbocycles. The molecule has 0 atom stereocenters. The summed E-state index contributed by atoms with van der Waals surface area (Å²) in [7, 11) is 3.41. The topological polar surface area (TPSA) is 61.4 Å². The number of anilines is 1. The maximum Gasteiger partial charge on any atom is 0.253 e. The first-order valence-electron chi connectivity index (χ1n) is 7.41. The quantitative estimate of drug-likeness (QED) is 0.870. The lowest BCUT2D eigenvalue weighted by Gasteiger charge is -2.13. The lowest BCUT2D eigenvalue weighted by Crippen LogP contribution is -2.34. The largest absolute Gasteiger partial charge is 0.345 e. The molecule has 2 N–H and O–H groups in total. The van der Waals surface area contributed by atoms with Gasteiger partial charge in [-0.3, -0.25) is 9.59 Å². The number of hydrogen-bond acceptors (Lipinski definition) is 3. The molecule has 1 aliphatic carbocycles. The molecule has 21 heavy (non-hydrogen) atoms. The Kier molecular flexibility index (Phi) is 5.33. The number of hydrogen-bond donors (Lipinski definition) is 2. The second-order valence-electron chi connectivity index (χ2n) is 5.69. The fourth-order valence-corrected chi connectivity index (χ4v) is 2.56. The molecular weight excluding hydrogens is 266 g/mol. The number of rotatable bonds is 5. The van der Waals surface area contributed by atoms with Crippen molar-refractivity contribution < 1.29 is 9.59 Å². The fourth-order valence-electron chi connectivity index (χ4n) is 2.56. The SMILES string of the molecule is CN(C)C(=O)c1cccc(NC(=O)CNC2CCCC2)c1. The lowest BCUT2D eigenvalue weighted by molar-refractivity contribution is -0.115. The van der Waals surface area contributed by atoms with E-state index in [1.165, 1.54) is 17.7 Å². The number of benzene rings is 1. The standard InChI is InChI=1S/C16H23N3O2/c1-19(2)16(21)12-6-5-9-14(10-12)18-15(20)11-17-13-7-3-4-8-13/h5-6,9-10,13,17H,3-4,7-8,11H2,1-2H3,(H,18,20). The normalized spacial score (nSPS) is 15.0. The van der Waals surface area contributed by atoms with Gasteiger partial charge in [0.25, 0.3) is 5.91 Å². The van der Waals surface area contributed by atoms with Gasteiger partial charge in [0.1, 0.15) is 0 Å². The summed E-state index contributed by atoms with van der Waals surface area (Å²) in [5.41, 5.74) is 1.22. The summed E-state index contributed by atoms with van der Waals surface area (Å²) in [6.45, 7) is 0.316. The van der Waals surface area contributed by atoms with Gasteiger partial charge in [0, 0.05) is 31.4 Å². The van der Waals surface area contributed by atoms with Crippen LogP contribution >= 0.6 is 0 Å². The van der Waals surface area contributed by atoms with Crippen molar-refractivity contribution in [2.24, 2.45) is 0 Å². The lowest BCUT2D eigenvalue weighted by atomic mass is 10.2. The van der Waals surface area contributed by atoms with Crippen molar-refractivity contribution >= 4 is 17.5 Å². The fraction of sp³-hybridized carbons (Fsp3) is 0.500. The van der Waals surface area contributed by atoms with Gasteiger partial charge >= 0.3 is 0 Å². The van der Waals surface area contributed by atoms with Gasteiger partial charge < -0.3 is 15.5 Å². The van der Waals surface area contributed by atoms with Gasteiger partial charge in [0.15, 0.2) is 0 Å². The Balaban J connectivity index is 1.88. The highest BCUT2D eigenvalue weighted by atomic mass is 16.2. The second-order valence-corrected chi connectivity index (χ2v) is 5.69. The van der Waals surface area contributed by atoms with Crippen LogP contribution in [0.15, 0.2) is 24.3 Å². The van der Waals surface area contributed by atoms with E-state index < -0.39 is 0 Å². The number of nitrogens with zero attached hydrogens (tertiary/aromatic N) is 1. The van der Waals surface area contributed by atoms with E-state index in [0.717, 1.165) is 12.8 Å². The van der Waals surface area contributed by atoms with E-state index in [4.69, 9.17) is 0 Å². The summed E-state index contributed by atoms with van der Waals surface area (Å²) >= 11 is 0. The molecule has 1 saturated carbocycles. The molecule has 0 radical (unpaired) electrons. The molecule has 0 aliphatic heterocycles. The molecule has 0 unspecified atom stereocenters. The van der Waals surface area contributed by atoms with E-state index >= 15 is 0 Å². The average Bonchev–Trinajstić information content (AvgIpc) is 2.98. The van der Waals surface area contributed by atoms with Gasteiger partial charge in [-0.1, -0.05) is 18.9 Å². The van der Waals surface area contributed by atoms with E-state index in [-0.39, 0.29) is 11.8 Å². The van der Waals surface area contributed by atoms with Gasteiger partial charge in [-0.25, -0.2) is 0 Å². The first kappa shape index (κ1) is 15.5. The van der Waals surface area contributed by atoms with Crippen molar-refractivity contribution in [1.82, 2.24) is 10.2 Å². The van der Waals surface area contributed by atoms with Crippen molar-refractivity contribution in [1.29, 1.82) is 0 Å². The summed E-state index contributed by atoms with van der Waals surface area (Å²) in [5, 5.41) is 6.10. The van der Waals surface area contributed by atoms with Crippen LogP contribution in [0.4, 0.5) is 5.69 Å². The summed E-state index contributed by atoms with van der Waals surface area (Å²) in [4.78, 5) is 25.3. The smallest absolute Gasteiger partial charge is 0.253 e. The predicted octanol–water partition coefficient (Wildman–Crippen LogP) is 1.86. The van der Waals surface area contributed by atoms with Gasteiger partial charge in [-0.05, 0) is 31.0 Å². The molecule has 0 bridgehead atoms. The minimum absolute atomic E-state index is 0.0728. The van der Waals surface area contributed by atoms with Crippen molar-refractivity contribution in [3.63, 3.8) is 0 Å². The number of carbonyl (C=O) groups excluding carboxylic acids is 2. The van der Waals surface area contributed by atoms with Crippen LogP contribution in [-0.2, 0) is 4.79 Å². The summed E-state index contributed by atoms with van der Waals surface area (Å²) in [5.74, 6) is -0.147. The number of nitrogens with one attached hydrogen (secondary N) is 2. The van der Waals surface area contributed by atoms with Crippen LogP contribution in [0.3, 0.4) is 0 Å². The monoisotopic (exact) mass is 289 g/mol. The first-order chi connectivity index (χ1) is 10.1. The van der Waals surface area contributed by atoms with Crippen LogP contribution < -0.4 is 10.6 Å². The van der Waals surface area contributed by atoms with E-state index in [1.807, 2.05) is 0 Å². The summed E-state index contributed by atoms with van der Waals surface area (Å²) in [6, 6.07) is 7.48. The molecule has 0 heterocycles. The Labute approximate surface area is 125 Å². The van der Waals surface area contributed by atoms with Crippen LogP contribution in [0.5, 0.6) is 0 Å². The zero-order valence-corrected chi connectivity index (χ0v) is 12.7. The Bertz CT molecular complexity index is 508. The van der Waals surface area contributed by atoms with Gasteiger partial charge in [0.05, 0.1) is 6.54 Å². The molecule has 1 aliphatic rings. The Morgan fingerprint density at radius 2 is 1.95 bits per heavy atom. The van der Waals surface area contributed by atoms with Crippen LogP contribution in [0, 0.1) is 0 Å². The molecule has 1 aromatic rings. The molecule has 5 nitrogen and oxygen atoms in total. The maximum absolute atomic E-state index is 11.9. The highest BCUT2D eigenvalue weighted by Gasteiger charge is 2.15. The van der Waals surface area contributed by atoms with Crippen molar-refractivity contribution in [3.05, 3.63) is 29.8 Å².